The van der Waals surface area contributed by atoms with Gasteiger partial charge >= 0.3 is 0 Å². The molecule has 2 N–H and O–H groups in total. The monoisotopic (exact) mass is 160 g/mol. The maximum Gasteiger partial charge on any atom is 0.0482 e. The van der Waals surface area contributed by atoms with Gasteiger partial charge in [0.1, 0.15) is 0 Å². The Bertz CT molecular complexity index is 95.7. The van der Waals surface area contributed by atoms with Crippen LogP contribution in [-0.2, 0) is 0 Å². The predicted molar refractivity (Wildman–Crippen MR) is 46.4 cm³/mol. The van der Waals surface area contributed by atoms with E-state index in [4.69, 9.17) is 10.2 Å². The normalized spacial score (nSPS) is 15.0. The van der Waals surface area contributed by atoms with Crippen LogP contribution in [0.5, 0.6) is 0 Å². The average molecular weight is 160 g/mol. The van der Waals surface area contributed by atoms with Crippen molar-refractivity contribution in [3.05, 3.63) is 0 Å². The third-order valence-corrected chi connectivity index (χ3v) is 2.10. The fraction of sp³-hybridized carbons (Fsp3) is 1.00. The summed E-state index contributed by atoms with van der Waals surface area (Å²) in [5, 5.41) is 17.9. The summed E-state index contributed by atoms with van der Waals surface area (Å²) in [5.41, 5.74) is -0.0383. The van der Waals surface area contributed by atoms with Gasteiger partial charge in [-0.25, -0.2) is 0 Å². The van der Waals surface area contributed by atoms with Crippen LogP contribution in [0.3, 0.4) is 0 Å². The Morgan fingerprint density at radius 2 is 1.82 bits per heavy atom. The minimum absolute atomic E-state index is 0.0383. The van der Waals surface area contributed by atoms with Crippen molar-refractivity contribution in [2.45, 2.75) is 33.6 Å². The number of rotatable bonds is 5. The second kappa shape index (κ2) is 4.73. The molecule has 1 atom stereocenters. The van der Waals surface area contributed by atoms with Gasteiger partial charge in [-0.05, 0) is 17.8 Å². The van der Waals surface area contributed by atoms with E-state index in [-0.39, 0.29) is 18.6 Å². The van der Waals surface area contributed by atoms with Crippen molar-refractivity contribution >= 4 is 0 Å². The highest BCUT2D eigenvalue weighted by atomic mass is 16.3. The van der Waals surface area contributed by atoms with Gasteiger partial charge in [0.15, 0.2) is 0 Å². The lowest BCUT2D eigenvalue weighted by Gasteiger charge is -2.25. The van der Waals surface area contributed by atoms with E-state index < -0.39 is 0 Å². The number of hydrogen-bond acceptors (Lipinski definition) is 2. The largest absolute Gasteiger partial charge is 0.396 e. The van der Waals surface area contributed by atoms with E-state index in [2.05, 4.69) is 6.92 Å². The van der Waals surface area contributed by atoms with Crippen molar-refractivity contribution in [2.24, 2.45) is 11.3 Å². The van der Waals surface area contributed by atoms with Crippen molar-refractivity contribution in [3.8, 4) is 0 Å². The molecule has 2 nitrogen and oxygen atoms in total. The zero-order valence-electron chi connectivity index (χ0n) is 7.80. The average Bonchev–Trinajstić information content (AvgIpc) is 2.00. The lowest BCUT2D eigenvalue weighted by atomic mass is 9.83. The zero-order chi connectivity index (χ0) is 8.91. The highest BCUT2D eigenvalue weighted by Gasteiger charge is 2.20. The van der Waals surface area contributed by atoms with Gasteiger partial charge in [0.25, 0.3) is 0 Å². The molecule has 2 heteroatoms. The van der Waals surface area contributed by atoms with Crippen LogP contribution in [0.2, 0.25) is 0 Å². The minimum Gasteiger partial charge on any atom is -0.396 e. The summed E-state index contributed by atoms with van der Waals surface area (Å²) in [6.07, 6.45) is 1.89. The molecule has 0 heterocycles. The molecule has 1 unspecified atom stereocenters. The summed E-state index contributed by atoms with van der Waals surface area (Å²) in [6.45, 7) is 6.54. The van der Waals surface area contributed by atoms with Gasteiger partial charge < -0.3 is 10.2 Å². The summed E-state index contributed by atoms with van der Waals surface area (Å²) >= 11 is 0. The molecule has 0 aromatic rings. The highest BCUT2D eigenvalue weighted by molar-refractivity contribution is 4.71. The number of hydrogen-bond donors (Lipinski definition) is 2. The molecule has 0 fully saturated rings. The van der Waals surface area contributed by atoms with Gasteiger partial charge in [-0.15, -0.1) is 0 Å². The molecule has 0 saturated carbocycles. The van der Waals surface area contributed by atoms with Gasteiger partial charge in [-0.3, -0.25) is 0 Å². The molecule has 0 spiro atoms. The molecule has 0 aromatic carbocycles. The summed E-state index contributed by atoms with van der Waals surface area (Å²) in [6, 6.07) is 0. The summed E-state index contributed by atoms with van der Waals surface area (Å²) in [4.78, 5) is 0. The third kappa shape index (κ3) is 4.38. The fourth-order valence-electron chi connectivity index (χ4n) is 1.18. The van der Waals surface area contributed by atoms with Crippen molar-refractivity contribution in [1.82, 2.24) is 0 Å². The van der Waals surface area contributed by atoms with Crippen LogP contribution in [0.25, 0.3) is 0 Å². The van der Waals surface area contributed by atoms with E-state index in [9.17, 15) is 0 Å². The lowest BCUT2D eigenvalue weighted by molar-refractivity contribution is 0.105. The summed E-state index contributed by atoms with van der Waals surface area (Å²) < 4.78 is 0. The molecule has 0 aliphatic heterocycles. The second-order valence-electron chi connectivity index (χ2n) is 3.98. The first-order chi connectivity index (χ1) is 5.05. The molecule has 0 rings (SSSR count). The number of aliphatic hydroxyl groups is 2. The second-order valence-corrected chi connectivity index (χ2v) is 3.98. The van der Waals surface area contributed by atoms with Crippen LogP contribution < -0.4 is 0 Å². The maximum atomic E-state index is 8.95. The zero-order valence-corrected chi connectivity index (χ0v) is 7.80. The molecule has 0 amide bonds. The summed E-state index contributed by atoms with van der Waals surface area (Å²) in [7, 11) is 0. The fourth-order valence-corrected chi connectivity index (χ4v) is 1.18. The van der Waals surface area contributed by atoms with Gasteiger partial charge in [-0.2, -0.15) is 0 Å². The van der Waals surface area contributed by atoms with E-state index in [0.717, 1.165) is 12.8 Å². The van der Waals surface area contributed by atoms with Crippen molar-refractivity contribution in [1.29, 1.82) is 0 Å². The standard InChI is InChI=1S/C9H20O2/c1-4-8(6-10)5-9(2,3)7-11/h8,10-11H,4-7H2,1-3H3. The minimum atomic E-state index is -0.0383. The molecule has 11 heavy (non-hydrogen) atoms. The first-order valence-electron chi connectivity index (χ1n) is 4.27. The third-order valence-electron chi connectivity index (χ3n) is 2.10. The van der Waals surface area contributed by atoms with Crippen molar-refractivity contribution in [2.75, 3.05) is 13.2 Å². The van der Waals surface area contributed by atoms with Crippen LogP contribution >= 0.6 is 0 Å². The topological polar surface area (TPSA) is 40.5 Å². The quantitative estimate of drug-likeness (QED) is 0.638. The molecular formula is C9H20O2. The smallest absolute Gasteiger partial charge is 0.0482 e. The Morgan fingerprint density at radius 3 is 2.09 bits per heavy atom. The lowest BCUT2D eigenvalue weighted by Crippen LogP contribution is -2.22. The highest BCUT2D eigenvalue weighted by Crippen LogP contribution is 2.25. The van der Waals surface area contributed by atoms with E-state index in [1.54, 1.807) is 0 Å². The van der Waals surface area contributed by atoms with E-state index >= 15 is 0 Å². The van der Waals surface area contributed by atoms with Crippen LogP contribution in [0.4, 0.5) is 0 Å². The molecule has 68 valence electrons. The first kappa shape index (κ1) is 10.9. The van der Waals surface area contributed by atoms with Gasteiger partial charge in [0.05, 0.1) is 0 Å². The predicted octanol–water partition coefficient (Wildman–Crippen LogP) is 1.41. The van der Waals surface area contributed by atoms with Gasteiger partial charge in [-0.1, -0.05) is 27.2 Å². The van der Waals surface area contributed by atoms with E-state index in [1.807, 2.05) is 13.8 Å². The maximum absolute atomic E-state index is 8.95. The van der Waals surface area contributed by atoms with Gasteiger partial charge in [0, 0.05) is 13.2 Å². The van der Waals surface area contributed by atoms with Crippen molar-refractivity contribution in [3.63, 3.8) is 0 Å². The molecule has 0 aromatic heterocycles. The van der Waals surface area contributed by atoms with E-state index in [0.29, 0.717) is 5.92 Å². The first-order valence-corrected chi connectivity index (χ1v) is 4.27. The van der Waals surface area contributed by atoms with Crippen LogP contribution in [0.15, 0.2) is 0 Å². The molecular weight excluding hydrogens is 140 g/mol. The SMILES string of the molecule is CCC(CO)CC(C)(C)CO. The molecule has 0 bridgehead atoms. The molecule has 0 aliphatic rings. The Balaban J connectivity index is 3.79. The Hall–Kier alpha value is -0.0800. The van der Waals surface area contributed by atoms with Crippen LogP contribution in [0, 0.1) is 11.3 Å². The Kier molecular flexibility index (Phi) is 4.69. The molecule has 0 saturated heterocycles. The molecule has 0 aliphatic carbocycles. The molecule has 0 radical (unpaired) electrons. The van der Waals surface area contributed by atoms with Crippen LogP contribution in [0.1, 0.15) is 33.6 Å². The van der Waals surface area contributed by atoms with Crippen molar-refractivity contribution < 1.29 is 10.2 Å². The Morgan fingerprint density at radius 1 is 1.27 bits per heavy atom. The van der Waals surface area contributed by atoms with Gasteiger partial charge in [0.2, 0.25) is 0 Å². The Labute approximate surface area is 69.2 Å². The summed E-state index contributed by atoms with van der Waals surface area (Å²) in [5.74, 6) is 0.345. The van der Waals surface area contributed by atoms with Crippen LogP contribution in [-0.4, -0.2) is 23.4 Å². The number of aliphatic hydroxyl groups excluding tert-OH is 2. The van der Waals surface area contributed by atoms with E-state index in [1.165, 1.54) is 0 Å².